The van der Waals surface area contributed by atoms with Crippen molar-refractivity contribution < 1.29 is 4.39 Å². The Kier molecular flexibility index (Phi) is 6.60. The molecular weight excluding hydrogens is 387 g/mol. The summed E-state index contributed by atoms with van der Waals surface area (Å²) in [4.78, 5) is 12.5. The molecule has 4 rings (SSSR count). The SMILES string of the molecule is CCCC[C@@H](CC)CNc1ccc2c(-c3ccncc3)c(-c3ccc(F)cc3)[nH]c2n1. The van der Waals surface area contributed by atoms with Crippen LogP contribution in [0.3, 0.4) is 0 Å². The highest BCUT2D eigenvalue weighted by Gasteiger charge is 2.17. The highest BCUT2D eigenvalue weighted by molar-refractivity contribution is 6.02. The molecular formula is C26H29FN4. The number of unbranched alkanes of at least 4 members (excludes halogenated alkanes) is 1. The van der Waals surface area contributed by atoms with E-state index in [-0.39, 0.29) is 5.82 Å². The van der Waals surface area contributed by atoms with Crippen LogP contribution >= 0.6 is 0 Å². The van der Waals surface area contributed by atoms with Crippen LogP contribution in [-0.4, -0.2) is 21.5 Å². The lowest BCUT2D eigenvalue weighted by molar-refractivity contribution is 0.472. The van der Waals surface area contributed by atoms with Crippen LogP contribution in [-0.2, 0) is 0 Å². The van der Waals surface area contributed by atoms with Crippen molar-refractivity contribution in [3.8, 4) is 22.4 Å². The van der Waals surface area contributed by atoms with E-state index >= 15 is 0 Å². The number of hydrogen-bond donors (Lipinski definition) is 2. The number of H-pyrrole nitrogens is 1. The number of rotatable bonds is 9. The topological polar surface area (TPSA) is 53.6 Å². The van der Waals surface area contributed by atoms with Gasteiger partial charge >= 0.3 is 0 Å². The zero-order chi connectivity index (χ0) is 21.6. The first-order valence-electron chi connectivity index (χ1n) is 11.1. The molecule has 2 N–H and O–H groups in total. The third-order valence-corrected chi connectivity index (χ3v) is 5.88. The van der Waals surface area contributed by atoms with Gasteiger partial charge in [-0.2, -0.15) is 0 Å². The van der Waals surface area contributed by atoms with Crippen LogP contribution in [0.5, 0.6) is 0 Å². The summed E-state index contributed by atoms with van der Waals surface area (Å²) in [6.45, 7) is 5.41. The minimum absolute atomic E-state index is 0.247. The largest absolute Gasteiger partial charge is 0.370 e. The van der Waals surface area contributed by atoms with E-state index in [1.807, 2.05) is 18.2 Å². The van der Waals surface area contributed by atoms with Gasteiger partial charge < -0.3 is 10.3 Å². The van der Waals surface area contributed by atoms with Crippen LogP contribution < -0.4 is 5.32 Å². The van der Waals surface area contributed by atoms with E-state index in [2.05, 4.69) is 35.2 Å². The van der Waals surface area contributed by atoms with Gasteiger partial charge in [0.25, 0.3) is 0 Å². The van der Waals surface area contributed by atoms with Gasteiger partial charge in [0.2, 0.25) is 0 Å². The molecule has 31 heavy (non-hydrogen) atoms. The summed E-state index contributed by atoms with van der Waals surface area (Å²) < 4.78 is 13.5. The molecule has 0 aliphatic carbocycles. The van der Waals surface area contributed by atoms with Gasteiger partial charge in [-0.15, -0.1) is 0 Å². The standard InChI is InChI=1S/C26H29FN4/c1-3-5-6-18(4-2)17-29-23-12-11-22-24(19-13-15-28-16-14-19)25(31-26(22)30-23)20-7-9-21(27)10-8-20/h7-16,18H,3-6,17H2,1-2H3,(H2,29,30,31)/t18-/m1/s1. The summed E-state index contributed by atoms with van der Waals surface area (Å²) in [5.41, 5.74) is 4.77. The second kappa shape index (κ2) is 9.73. The molecule has 0 amide bonds. The van der Waals surface area contributed by atoms with Crippen molar-refractivity contribution in [2.75, 3.05) is 11.9 Å². The Bertz CT molecular complexity index is 1120. The summed E-state index contributed by atoms with van der Waals surface area (Å²) in [5.74, 6) is 1.28. The number of nitrogens with one attached hydrogen (secondary N) is 2. The summed E-state index contributed by atoms with van der Waals surface area (Å²) in [5, 5.41) is 4.56. The molecule has 160 valence electrons. The van der Waals surface area contributed by atoms with Crippen molar-refractivity contribution in [3.05, 3.63) is 66.7 Å². The Hall–Kier alpha value is -3.21. The molecule has 1 atom stereocenters. The Morgan fingerprint density at radius 3 is 2.45 bits per heavy atom. The van der Waals surface area contributed by atoms with E-state index in [1.165, 1.54) is 37.8 Å². The molecule has 0 saturated heterocycles. The molecule has 0 radical (unpaired) electrons. The molecule has 4 aromatic rings. The minimum atomic E-state index is -0.247. The molecule has 0 unspecified atom stereocenters. The monoisotopic (exact) mass is 416 g/mol. The average molecular weight is 417 g/mol. The van der Waals surface area contributed by atoms with Crippen LogP contribution in [0.15, 0.2) is 60.9 Å². The maximum absolute atomic E-state index is 13.5. The third kappa shape index (κ3) is 4.76. The van der Waals surface area contributed by atoms with E-state index in [9.17, 15) is 4.39 Å². The quantitative estimate of drug-likeness (QED) is 0.307. The molecule has 5 heteroatoms. The van der Waals surface area contributed by atoms with Crippen LogP contribution in [0.1, 0.15) is 39.5 Å². The number of fused-ring (bicyclic) bond motifs is 1. The van der Waals surface area contributed by atoms with Crippen molar-refractivity contribution in [2.24, 2.45) is 5.92 Å². The van der Waals surface area contributed by atoms with E-state index < -0.39 is 0 Å². The molecule has 0 bridgehead atoms. The zero-order valence-corrected chi connectivity index (χ0v) is 18.2. The second-order valence-electron chi connectivity index (χ2n) is 8.01. The van der Waals surface area contributed by atoms with E-state index in [0.717, 1.165) is 45.8 Å². The Morgan fingerprint density at radius 2 is 1.74 bits per heavy atom. The van der Waals surface area contributed by atoms with Crippen LogP contribution in [0.25, 0.3) is 33.4 Å². The first-order valence-corrected chi connectivity index (χ1v) is 11.1. The van der Waals surface area contributed by atoms with Crippen LogP contribution in [0.2, 0.25) is 0 Å². The average Bonchev–Trinajstić information content (AvgIpc) is 3.19. The van der Waals surface area contributed by atoms with Gasteiger partial charge in [-0.1, -0.05) is 33.1 Å². The van der Waals surface area contributed by atoms with Crippen LogP contribution in [0.4, 0.5) is 10.2 Å². The Labute approximate surface area is 183 Å². The summed E-state index contributed by atoms with van der Waals surface area (Å²) >= 11 is 0. The van der Waals surface area contributed by atoms with Gasteiger partial charge in [0.15, 0.2) is 0 Å². The first-order chi connectivity index (χ1) is 15.2. The number of aromatic nitrogens is 3. The van der Waals surface area contributed by atoms with Gasteiger partial charge in [0.05, 0.1) is 5.69 Å². The number of halogens is 1. The molecule has 0 fully saturated rings. The summed E-state index contributed by atoms with van der Waals surface area (Å²) in [6.07, 6.45) is 8.47. The van der Waals surface area contributed by atoms with Gasteiger partial charge in [-0.3, -0.25) is 4.98 Å². The van der Waals surface area contributed by atoms with Gasteiger partial charge in [-0.05, 0) is 72.0 Å². The molecule has 4 nitrogen and oxygen atoms in total. The second-order valence-corrected chi connectivity index (χ2v) is 8.01. The molecule has 0 aliphatic rings. The van der Waals surface area contributed by atoms with Gasteiger partial charge in [0, 0.05) is 29.9 Å². The molecule has 3 aromatic heterocycles. The predicted molar refractivity (Wildman–Crippen MR) is 127 cm³/mol. The number of anilines is 1. The summed E-state index contributed by atoms with van der Waals surface area (Å²) in [6, 6.07) is 14.7. The fraction of sp³-hybridized carbons (Fsp3) is 0.308. The molecule has 0 saturated carbocycles. The normalized spacial score (nSPS) is 12.2. The highest BCUT2D eigenvalue weighted by atomic mass is 19.1. The van der Waals surface area contributed by atoms with E-state index in [1.54, 1.807) is 24.5 Å². The van der Waals surface area contributed by atoms with E-state index in [0.29, 0.717) is 5.92 Å². The molecule has 3 heterocycles. The fourth-order valence-electron chi connectivity index (χ4n) is 4.01. The van der Waals surface area contributed by atoms with Crippen molar-refractivity contribution >= 4 is 16.9 Å². The maximum Gasteiger partial charge on any atom is 0.140 e. The van der Waals surface area contributed by atoms with Crippen LogP contribution in [0, 0.1) is 11.7 Å². The lowest BCUT2D eigenvalue weighted by atomic mass is 9.99. The number of aromatic amines is 1. The number of nitrogens with zero attached hydrogens (tertiary/aromatic N) is 2. The fourth-order valence-corrected chi connectivity index (χ4v) is 4.01. The van der Waals surface area contributed by atoms with Gasteiger partial charge in [0.1, 0.15) is 17.3 Å². The molecule has 0 aliphatic heterocycles. The van der Waals surface area contributed by atoms with Crippen molar-refractivity contribution in [2.45, 2.75) is 39.5 Å². The number of benzene rings is 1. The molecule has 0 spiro atoms. The zero-order valence-electron chi connectivity index (χ0n) is 18.2. The summed E-state index contributed by atoms with van der Waals surface area (Å²) in [7, 11) is 0. The van der Waals surface area contributed by atoms with Crippen molar-refractivity contribution in [1.29, 1.82) is 0 Å². The van der Waals surface area contributed by atoms with Gasteiger partial charge in [-0.25, -0.2) is 9.37 Å². The molecule has 1 aromatic carbocycles. The van der Waals surface area contributed by atoms with E-state index in [4.69, 9.17) is 4.98 Å². The smallest absolute Gasteiger partial charge is 0.140 e. The Balaban J connectivity index is 1.70. The first kappa shape index (κ1) is 21.0. The highest BCUT2D eigenvalue weighted by Crippen LogP contribution is 2.38. The van der Waals surface area contributed by atoms with Crippen molar-refractivity contribution in [3.63, 3.8) is 0 Å². The van der Waals surface area contributed by atoms with Crippen molar-refractivity contribution in [1.82, 2.24) is 15.0 Å². The third-order valence-electron chi connectivity index (χ3n) is 5.88. The predicted octanol–water partition coefficient (Wildman–Crippen LogP) is 7.06. The lowest BCUT2D eigenvalue weighted by Crippen LogP contribution is -2.14. The Morgan fingerprint density at radius 1 is 0.968 bits per heavy atom. The number of pyridine rings is 2. The maximum atomic E-state index is 13.5. The minimum Gasteiger partial charge on any atom is -0.370 e. The number of hydrogen-bond acceptors (Lipinski definition) is 3. The lowest BCUT2D eigenvalue weighted by Gasteiger charge is -2.15.